The van der Waals surface area contributed by atoms with Crippen LogP contribution >= 0.6 is 11.3 Å². The topological polar surface area (TPSA) is 8.17 Å². The lowest BCUT2D eigenvalue weighted by Crippen LogP contribution is -2.36. The van der Waals surface area contributed by atoms with Crippen LogP contribution in [0.5, 0.6) is 0 Å². The quantitative estimate of drug-likeness (QED) is 0.168. The molecule has 0 saturated carbocycles. The second-order valence-corrected chi connectivity index (χ2v) is 18.3. The molecular weight excluding hydrogens is 757 g/mol. The van der Waals surface area contributed by atoms with Crippen LogP contribution in [0, 0.1) is 0 Å². The van der Waals surface area contributed by atoms with Gasteiger partial charge in [0.2, 0.25) is 0 Å². The number of rotatable bonds is 5. The van der Waals surface area contributed by atoms with E-state index in [0.29, 0.717) is 0 Å². The number of para-hydroxylation sites is 4. The first-order chi connectivity index (χ1) is 30.0. The second kappa shape index (κ2) is 12.7. The first-order valence-corrected chi connectivity index (χ1v) is 22.1. The molecule has 61 heavy (non-hydrogen) atoms. The van der Waals surface area contributed by atoms with Gasteiger partial charge in [0.1, 0.15) is 0 Å². The van der Waals surface area contributed by atoms with Crippen LogP contribution in [0.25, 0.3) is 58.8 Å². The first-order valence-electron chi connectivity index (χ1n) is 21.3. The molecule has 2 nitrogen and oxygen atoms in total. The highest BCUT2D eigenvalue weighted by Gasteiger charge is 2.47. The monoisotopic (exact) mass is 796 g/mol. The molecule has 0 spiro atoms. The van der Waals surface area contributed by atoms with Crippen molar-refractivity contribution in [3.63, 3.8) is 0 Å². The summed E-state index contributed by atoms with van der Waals surface area (Å²) < 4.78 is 5.13. The smallest absolute Gasteiger partial charge is 0.0762 e. The molecule has 1 aliphatic carbocycles. The van der Waals surface area contributed by atoms with Gasteiger partial charge in [-0.15, -0.1) is 11.3 Å². The van der Waals surface area contributed by atoms with Gasteiger partial charge in [0.25, 0.3) is 0 Å². The zero-order valence-electron chi connectivity index (χ0n) is 33.9. The van der Waals surface area contributed by atoms with Crippen LogP contribution in [0.1, 0.15) is 47.2 Å². The molecule has 0 N–H and O–H groups in total. The average Bonchev–Trinajstić information content (AvgIpc) is 3.93. The molecule has 0 fully saturated rings. The summed E-state index contributed by atoms with van der Waals surface area (Å²) in [6.45, 7) is 4.76. The van der Waals surface area contributed by atoms with Crippen LogP contribution in [-0.4, -0.2) is 4.57 Å². The summed E-state index contributed by atoms with van der Waals surface area (Å²) in [5.74, 6) is 0. The highest BCUT2D eigenvalue weighted by atomic mass is 32.1. The summed E-state index contributed by atoms with van der Waals surface area (Å²) in [6, 6.07) is 77.5. The van der Waals surface area contributed by atoms with E-state index in [9.17, 15) is 0 Å². The van der Waals surface area contributed by atoms with Crippen LogP contribution in [0.2, 0.25) is 0 Å². The van der Waals surface area contributed by atoms with Crippen molar-refractivity contribution in [3.05, 3.63) is 240 Å². The van der Waals surface area contributed by atoms with Gasteiger partial charge >= 0.3 is 0 Å². The molecule has 1 aliphatic heterocycles. The second-order valence-electron chi connectivity index (χ2n) is 17.2. The molecule has 3 heterocycles. The molecule has 1 unspecified atom stereocenters. The Morgan fingerprint density at radius 2 is 1.05 bits per heavy atom. The lowest BCUT2D eigenvalue weighted by Gasteiger charge is -2.44. The summed E-state index contributed by atoms with van der Waals surface area (Å²) in [5.41, 5.74) is 16.7. The average molecular weight is 797 g/mol. The van der Waals surface area contributed by atoms with E-state index in [0.717, 1.165) is 17.1 Å². The van der Waals surface area contributed by atoms with E-state index in [1.807, 2.05) is 11.3 Å². The fourth-order valence-electron chi connectivity index (χ4n) is 11.2. The Hall–Kier alpha value is -7.20. The Morgan fingerprint density at radius 1 is 0.426 bits per heavy atom. The number of hydrogen-bond donors (Lipinski definition) is 0. The van der Waals surface area contributed by atoms with Gasteiger partial charge in [0, 0.05) is 47.7 Å². The Kier molecular flexibility index (Phi) is 7.19. The van der Waals surface area contributed by atoms with Gasteiger partial charge in [-0.2, -0.15) is 0 Å². The summed E-state index contributed by atoms with van der Waals surface area (Å²) in [5, 5.41) is 5.12. The molecule has 3 heteroatoms. The van der Waals surface area contributed by atoms with Crippen molar-refractivity contribution in [3.8, 4) is 16.8 Å². The number of anilines is 3. The summed E-state index contributed by atoms with van der Waals surface area (Å²) in [6.07, 6.45) is 0. The maximum atomic E-state index is 2.55. The number of aromatic nitrogens is 1. The first kappa shape index (κ1) is 34.6. The minimum atomic E-state index is -0.679. The minimum Gasteiger partial charge on any atom is -0.310 e. The fourth-order valence-corrected chi connectivity index (χ4v) is 12.3. The zero-order chi connectivity index (χ0) is 40.5. The number of benzene rings is 9. The van der Waals surface area contributed by atoms with Crippen molar-refractivity contribution in [1.82, 2.24) is 4.57 Å². The Bertz CT molecular complexity index is 3590. The predicted octanol–water partition coefficient (Wildman–Crippen LogP) is 15.6. The molecule has 13 rings (SSSR count). The molecule has 9 aromatic carbocycles. The Labute approximate surface area is 359 Å². The Morgan fingerprint density at radius 3 is 1.93 bits per heavy atom. The van der Waals surface area contributed by atoms with Crippen molar-refractivity contribution in [2.24, 2.45) is 0 Å². The van der Waals surface area contributed by atoms with Crippen LogP contribution in [0.4, 0.5) is 17.1 Å². The molecule has 2 aliphatic rings. The molecule has 11 aromatic rings. The SMILES string of the molecule is CC1(C)c2ccccc2-c2ccc(N(c3ccc4sc5ccccc5c4c3)c3ccccc3C3(c4ccccc4)c4ccccc4-n4c5ccccc5c5cccc3c54)cc21. The molecule has 2 aromatic heterocycles. The standard InChI is InChI=1S/C58H40N2S/c1-57(2)46-23-9-6-19-40(46)41-33-31-39(36-50(41)57)59(38-32-34-55-45(35-38)43-21-8-15-30-54(43)61-55)52-28-13-10-24-47(52)58(37-17-4-3-5-18-37)48-25-11-14-29-53(48)60-51-27-12-7-20-42(51)44-22-16-26-49(58)56(44)60/h3-36H,1-2H3. The zero-order valence-corrected chi connectivity index (χ0v) is 34.7. The maximum absolute atomic E-state index is 2.55. The molecule has 0 saturated heterocycles. The van der Waals surface area contributed by atoms with Crippen LogP contribution < -0.4 is 4.90 Å². The van der Waals surface area contributed by atoms with Crippen molar-refractivity contribution >= 4 is 70.4 Å². The lowest BCUT2D eigenvalue weighted by atomic mass is 9.62. The van der Waals surface area contributed by atoms with E-state index < -0.39 is 5.41 Å². The largest absolute Gasteiger partial charge is 0.310 e. The van der Waals surface area contributed by atoms with E-state index in [1.165, 1.54) is 92.2 Å². The maximum Gasteiger partial charge on any atom is 0.0762 e. The predicted molar refractivity (Wildman–Crippen MR) is 258 cm³/mol. The molecule has 0 amide bonds. The van der Waals surface area contributed by atoms with Crippen LogP contribution in [0.15, 0.2) is 206 Å². The van der Waals surface area contributed by atoms with E-state index in [4.69, 9.17) is 0 Å². The third kappa shape index (κ3) is 4.62. The van der Waals surface area contributed by atoms with Crippen molar-refractivity contribution in [2.75, 3.05) is 4.90 Å². The highest BCUT2D eigenvalue weighted by molar-refractivity contribution is 7.25. The molecule has 0 radical (unpaired) electrons. The highest BCUT2D eigenvalue weighted by Crippen LogP contribution is 2.58. The molecule has 1 atom stereocenters. The van der Waals surface area contributed by atoms with E-state index in [1.54, 1.807) is 0 Å². The van der Waals surface area contributed by atoms with Crippen molar-refractivity contribution < 1.29 is 0 Å². The molecule has 288 valence electrons. The van der Waals surface area contributed by atoms with Gasteiger partial charge in [-0.05, 0) is 99.1 Å². The Balaban J connectivity index is 1.16. The number of fused-ring (bicyclic) bond motifs is 11. The van der Waals surface area contributed by atoms with Crippen molar-refractivity contribution in [1.29, 1.82) is 0 Å². The van der Waals surface area contributed by atoms with Crippen LogP contribution in [0.3, 0.4) is 0 Å². The van der Waals surface area contributed by atoms with E-state index >= 15 is 0 Å². The van der Waals surface area contributed by atoms with Gasteiger partial charge < -0.3 is 9.47 Å². The molecular formula is C58H40N2S. The normalized spacial score (nSPS) is 15.9. The number of hydrogen-bond acceptors (Lipinski definition) is 2. The van der Waals surface area contributed by atoms with Crippen molar-refractivity contribution in [2.45, 2.75) is 24.7 Å². The van der Waals surface area contributed by atoms with Gasteiger partial charge in [-0.1, -0.05) is 166 Å². The van der Waals surface area contributed by atoms with Gasteiger partial charge in [-0.3, -0.25) is 0 Å². The summed E-state index contributed by atoms with van der Waals surface area (Å²) in [4.78, 5) is 2.55. The summed E-state index contributed by atoms with van der Waals surface area (Å²) in [7, 11) is 0. The van der Waals surface area contributed by atoms with Gasteiger partial charge in [0.05, 0.1) is 27.8 Å². The summed E-state index contributed by atoms with van der Waals surface area (Å²) >= 11 is 1.87. The van der Waals surface area contributed by atoms with E-state index in [-0.39, 0.29) is 5.41 Å². The van der Waals surface area contributed by atoms with Gasteiger partial charge in [0.15, 0.2) is 0 Å². The number of nitrogens with zero attached hydrogens (tertiary/aromatic N) is 2. The van der Waals surface area contributed by atoms with Crippen LogP contribution in [-0.2, 0) is 10.8 Å². The lowest BCUT2D eigenvalue weighted by molar-refractivity contribution is 0.660. The van der Waals surface area contributed by atoms with Gasteiger partial charge in [-0.25, -0.2) is 0 Å². The number of thiophene rings is 1. The molecule has 0 bridgehead atoms. The van der Waals surface area contributed by atoms with E-state index in [2.05, 4.69) is 230 Å². The third-order valence-corrected chi connectivity index (χ3v) is 15.0. The third-order valence-electron chi connectivity index (χ3n) is 13.8. The fraction of sp³-hybridized carbons (Fsp3) is 0.0690. The minimum absolute atomic E-state index is 0.155.